The van der Waals surface area contributed by atoms with Crippen LogP contribution in [0.15, 0.2) is 48.5 Å². The van der Waals surface area contributed by atoms with Crippen LogP contribution in [0, 0.1) is 5.82 Å². The van der Waals surface area contributed by atoms with Crippen molar-refractivity contribution in [2.75, 3.05) is 49.2 Å². The number of aliphatic hydroxyl groups is 1. The molecule has 0 spiro atoms. The van der Waals surface area contributed by atoms with Gasteiger partial charge in [-0.3, -0.25) is 9.69 Å². The number of hydrogen-bond donors (Lipinski definition) is 2. The Morgan fingerprint density at radius 1 is 1.22 bits per heavy atom. The van der Waals surface area contributed by atoms with Crippen LogP contribution in [-0.2, 0) is 20.9 Å². The van der Waals surface area contributed by atoms with Crippen molar-refractivity contribution in [1.82, 2.24) is 5.32 Å². The summed E-state index contributed by atoms with van der Waals surface area (Å²) < 4.78 is 25.6. The predicted octanol–water partition coefficient (Wildman–Crippen LogP) is 2.30. The SMILES string of the molecule is CC(=O)NC[C@H](O)CN(C(=O)OCc1ccccc1)c1ccc(N2CCOCC2)c(F)c1. The second kappa shape index (κ2) is 11.4. The molecule has 1 aliphatic rings. The summed E-state index contributed by atoms with van der Waals surface area (Å²) in [5, 5.41) is 12.8. The van der Waals surface area contributed by atoms with Gasteiger partial charge in [-0.2, -0.15) is 0 Å². The third-order valence-corrected chi connectivity index (χ3v) is 5.00. The molecule has 0 aromatic heterocycles. The lowest BCUT2D eigenvalue weighted by Gasteiger charge is -2.30. The fourth-order valence-corrected chi connectivity index (χ4v) is 3.34. The minimum atomic E-state index is -1.06. The third kappa shape index (κ3) is 6.66. The number of hydrogen-bond acceptors (Lipinski definition) is 6. The highest BCUT2D eigenvalue weighted by atomic mass is 19.1. The van der Waals surface area contributed by atoms with E-state index in [9.17, 15) is 19.1 Å². The zero-order chi connectivity index (χ0) is 22.9. The van der Waals surface area contributed by atoms with Crippen molar-refractivity contribution >= 4 is 23.4 Å². The fourth-order valence-electron chi connectivity index (χ4n) is 3.34. The number of rotatable bonds is 8. The number of halogens is 1. The summed E-state index contributed by atoms with van der Waals surface area (Å²) in [4.78, 5) is 27.0. The smallest absolute Gasteiger partial charge is 0.414 e. The minimum Gasteiger partial charge on any atom is -0.444 e. The van der Waals surface area contributed by atoms with E-state index in [0.717, 1.165) is 5.56 Å². The normalized spacial score (nSPS) is 14.5. The van der Waals surface area contributed by atoms with Gasteiger partial charge in [-0.1, -0.05) is 30.3 Å². The van der Waals surface area contributed by atoms with E-state index in [-0.39, 0.29) is 31.3 Å². The quantitative estimate of drug-likeness (QED) is 0.648. The van der Waals surface area contributed by atoms with Crippen LogP contribution in [0.2, 0.25) is 0 Å². The van der Waals surface area contributed by atoms with E-state index in [4.69, 9.17) is 9.47 Å². The summed E-state index contributed by atoms with van der Waals surface area (Å²) in [6.45, 7) is 3.34. The molecule has 1 saturated heterocycles. The molecule has 0 unspecified atom stereocenters. The monoisotopic (exact) mass is 445 g/mol. The first-order chi connectivity index (χ1) is 15.4. The molecule has 172 valence electrons. The van der Waals surface area contributed by atoms with E-state index < -0.39 is 18.0 Å². The zero-order valence-electron chi connectivity index (χ0n) is 18.0. The lowest BCUT2D eigenvalue weighted by Crippen LogP contribution is -2.43. The molecule has 32 heavy (non-hydrogen) atoms. The molecule has 9 heteroatoms. The number of morpholine rings is 1. The van der Waals surface area contributed by atoms with E-state index in [1.807, 2.05) is 35.2 Å². The predicted molar refractivity (Wildman–Crippen MR) is 118 cm³/mol. The molecule has 1 atom stereocenters. The second-order valence-corrected chi connectivity index (χ2v) is 7.48. The van der Waals surface area contributed by atoms with Crippen molar-refractivity contribution in [3.8, 4) is 0 Å². The number of anilines is 2. The van der Waals surface area contributed by atoms with Crippen LogP contribution >= 0.6 is 0 Å². The number of ether oxygens (including phenoxy) is 2. The van der Waals surface area contributed by atoms with E-state index >= 15 is 0 Å². The summed E-state index contributed by atoms with van der Waals surface area (Å²) in [6.07, 6.45) is -1.79. The molecule has 2 amide bonds. The molecule has 1 fully saturated rings. The standard InChI is InChI=1S/C23H28FN3O5/c1-17(28)25-14-20(29)15-27(23(30)32-16-18-5-3-2-4-6-18)19-7-8-22(21(24)13-19)26-9-11-31-12-10-26/h2-8,13,20,29H,9-12,14-16H2,1H3,(H,25,28)/t20-/m0/s1. The Kier molecular flexibility index (Phi) is 8.41. The highest BCUT2D eigenvalue weighted by Crippen LogP contribution is 2.26. The first-order valence-corrected chi connectivity index (χ1v) is 10.5. The molecular formula is C23H28FN3O5. The van der Waals surface area contributed by atoms with Crippen LogP contribution in [0.3, 0.4) is 0 Å². The number of nitrogens with zero attached hydrogens (tertiary/aromatic N) is 2. The summed E-state index contributed by atoms with van der Waals surface area (Å²) in [5.41, 5.74) is 1.47. The van der Waals surface area contributed by atoms with Crippen LogP contribution < -0.4 is 15.1 Å². The second-order valence-electron chi connectivity index (χ2n) is 7.48. The van der Waals surface area contributed by atoms with Crippen LogP contribution in [0.25, 0.3) is 0 Å². The topological polar surface area (TPSA) is 91.3 Å². The van der Waals surface area contributed by atoms with Crippen molar-refractivity contribution in [2.45, 2.75) is 19.6 Å². The highest BCUT2D eigenvalue weighted by molar-refractivity contribution is 5.88. The van der Waals surface area contributed by atoms with Gasteiger partial charge in [0.15, 0.2) is 0 Å². The summed E-state index contributed by atoms with van der Waals surface area (Å²) in [6, 6.07) is 13.6. The van der Waals surface area contributed by atoms with Crippen LogP contribution in [0.4, 0.5) is 20.6 Å². The Bertz CT molecular complexity index is 906. The number of nitrogens with one attached hydrogen (secondary N) is 1. The van der Waals surface area contributed by atoms with Crippen molar-refractivity contribution in [3.05, 3.63) is 59.9 Å². The lowest BCUT2D eigenvalue weighted by atomic mass is 10.2. The molecule has 8 nitrogen and oxygen atoms in total. The number of aliphatic hydroxyl groups excluding tert-OH is 1. The first kappa shape index (κ1) is 23.5. The fraction of sp³-hybridized carbons (Fsp3) is 0.391. The van der Waals surface area contributed by atoms with Gasteiger partial charge in [0.05, 0.1) is 37.2 Å². The average Bonchev–Trinajstić information content (AvgIpc) is 2.81. The van der Waals surface area contributed by atoms with Gasteiger partial charge in [-0.05, 0) is 23.8 Å². The van der Waals surface area contributed by atoms with Crippen molar-refractivity contribution in [3.63, 3.8) is 0 Å². The average molecular weight is 445 g/mol. The maximum Gasteiger partial charge on any atom is 0.414 e. The maximum absolute atomic E-state index is 14.9. The first-order valence-electron chi connectivity index (χ1n) is 10.5. The Morgan fingerprint density at radius 2 is 1.94 bits per heavy atom. The lowest BCUT2D eigenvalue weighted by molar-refractivity contribution is -0.119. The number of benzene rings is 2. The molecule has 1 aliphatic heterocycles. The molecule has 1 heterocycles. The number of carbonyl (C=O) groups is 2. The van der Waals surface area contributed by atoms with Crippen LogP contribution in [0.1, 0.15) is 12.5 Å². The maximum atomic E-state index is 14.9. The van der Waals surface area contributed by atoms with E-state index in [1.54, 1.807) is 12.1 Å². The molecule has 0 saturated carbocycles. The van der Waals surface area contributed by atoms with Gasteiger partial charge in [0.1, 0.15) is 12.4 Å². The van der Waals surface area contributed by atoms with Crippen molar-refractivity contribution in [1.29, 1.82) is 0 Å². The zero-order valence-corrected chi connectivity index (χ0v) is 18.0. The Labute approximate surface area is 186 Å². The third-order valence-electron chi connectivity index (χ3n) is 5.00. The van der Waals surface area contributed by atoms with Gasteiger partial charge in [0.2, 0.25) is 5.91 Å². The van der Waals surface area contributed by atoms with E-state index in [2.05, 4.69) is 5.32 Å². The van der Waals surface area contributed by atoms with Gasteiger partial charge in [0, 0.05) is 26.6 Å². The highest BCUT2D eigenvalue weighted by Gasteiger charge is 2.23. The largest absolute Gasteiger partial charge is 0.444 e. The molecule has 2 N–H and O–H groups in total. The van der Waals surface area contributed by atoms with Gasteiger partial charge in [0.25, 0.3) is 0 Å². The van der Waals surface area contributed by atoms with Gasteiger partial charge < -0.3 is 24.8 Å². The molecular weight excluding hydrogens is 417 g/mol. The molecule has 2 aromatic rings. The molecule has 0 radical (unpaired) electrons. The van der Waals surface area contributed by atoms with Gasteiger partial charge in [-0.25, -0.2) is 9.18 Å². The number of carbonyl (C=O) groups excluding carboxylic acids is 2. The Hall–Kier alpha value is -3.17. The molecule has 2 aromatic carbocycles. The molecule has 0 aliphatic carbocycles. The van der Waals surface area contributed by atoms with Gasteiger partial charge >= 0.3 is 6.09 Å². The summed E-state index contributed by atoms with van der Waals surface area (Å²) >= 11 is 0. The van der Waals surface area contributed by atoms with Crippen LogP contribution in [-0.4, -0.2) is 62.6 Å². The van der Waals surface area contributed by atoms with E-state index in [1.165, 1.54) is 17.9 Å². The molecule has 0 bridgehead atoms. The number of amides is 2. The van der Waals surface area contributed by atoms with Crippen LogP contribution in [0.5, 0.6) is 0 Å². The Balaban J connectivity index is 1.76. The van der Waals surface area contributed by atoms with Gasteiger partial charge in [-0.15, -0.1) is 0 Å². The van der Waals surface area contributed by atoms with E-state index in [0.29, 0.717) is 32.0 Å². The molecule has 3 rings (SSSR count). The Morgan fingerprint density at radius 3 is 2.59 bits per heavy atom. The summed E-state index contributed by atoms with van der Waals surface area (Å²) in [7, 11) is 0. The summed E-state index contributed by atoms with van der Waals surface area (Å²) in [5.74, 6) is -0.787. The minimum absolute atomic E-state index is 0.0340. The van der Waals surface area contributed by atoms with Crippen molar-refractivity contribution in [2.24, 2.45) is 0 Å². The van der Waals surface area contributed by atoms with Crippen molar-refractivity contribution < 1.29 is 28.6 Å².